The molecule has 5 aromatic carbocycles. The number of anilines is 1. The number of nitrogen functional groups attached to an aromatic ring is 1. The molecule has 0 bridgehead atoms. The van der Waals surface area contributed by atoms with Crippen LogP contribution in [0, 0.1) is 0 Å². The fourth-order valence-electron chi connectivity index (χ4n) is 3.99. The SMILES string of the molecule is Nc1c(-c2ccccc2)c(-c2ccccc2)cc2ccc(-c3ccccc3)cc12. The monoisotopic (exact) mass is 371 g/mol. The van der Waals surface area contributed by atoms with Gasteiger partial charge in [0.15, 0.2) is 0 Å². The van der Waals surface area contributed by atoms with Crippen LogP contribution in [0.15, 0.2) is 115 Å². The number of hydrogen-bond acceptors (Lipinski definition) is 1. The van der Waals surface area contributed by atoms with Crippen LogP contribution >= 0.6 is 0 Å². The maximum Gasteiger partial charge on any atom is 0.0479 e. The quantitative estimate of drug-likeness (QED) is 0.328. The van der Waals surface area contributed by atoms with Crippen LogP contribution in [-0.4, -0.2) is 0 Å². The van der Waals surface area contributed by atoms with Crippen LogP contribution in [0.1, 0.15) is 0 Å². The van der Waals surface area contributed by atoms with Crippen molar-refractivity contribution in [3.05, 3.63) is 115 Å². The van der Waals surface area contributed by atoms with Gasteiger partial charge in [0, 0.05) is 16.6 Å². The second kappa shape index (κ2) is 7.29. The summed E-state index contributed by atoms with van der Waals surface area (Å²) in [5.74, 6) is 0. The molecule has 2 N–H and O–H groups in total. The lowest BCUT2D eigenvalue weighted by Gasteiger charge is -2.17. The number of nitrogens with two attached hydrogens (primary N) is 1. The third-order valence-corrected chi connectivity index (χ3v) is 5.44. The molecule has 0 atom stereocenters. The molecule has 29 heavy (non-hydrogen) atoms. The predicted octanol–water partition coefficient (Wildman–Crippen LogP) is 7.42. The molecule has 5 aromatic rings. The first-order valence-corrected chi connectivity index (χ1v) is 9.84. The Morgan fingerprint density at radius 1 is 0.448 bits per heavy atom. The predicted molar refractivity (Wildman–Crippen MR) is 125 cm³/mol. The highest BCUT2D eigenvalue weighted by Gasteiger charge is 2.15. The zero-order valence-corrected chi connectivity index (χ0v) is 16.0. The van der Waals surface area contributed by atoms with E-state index in [0.717, 1.165) is 33.2 Å². The van der Waals surface area contributed by atoms with Gasteiger partial charge in [-0.25, -0.2) is 0 Å². The van der Waals surface area contributed by atoms with Gasteiger partial charge in [0.25, 0.3) is 0 Å². The summed E-state index contributed by atoms with van der Waals surface area (Å²) in [6, 6.07) is 40.2. The van der Waals surface area contributed by atoms with E-state index in [4.69, 9.17) is 5.73 Å². The van der Waals surface area contributed by atoms with Gasteiger partial charge < -0.3 is 5.73 Å². The largest absolute Gasteiger partial charge is 0.398 e. The minimum atomic E-state index is 0.824. The van der Waals surface area contributed by atoms with Crippen LogP contribution in [-0.2, 0) is 0 Å². The average Bonchev–Trinajstić information content (AvgIpc) is 2.80. The van der Waals surface area contributed by atoms with E-state index in [2.05, 4.69) is 97.1 Å². The molecule has 0 amide bonds. The molecule has 0 spiro atoms. The highest BCUT2D eigenvalue weighted by atomic mass is 14.6. The van der Waals surface area contributed by atoms with Gasteiger partial charge in [-0.3, -0.25) is 0 Å². The van der Waals surface area contributed by atoms with Gasteiger partial charge in [-0.2, -0.15) is 0 Å². The summed E-state index contributed by atoms with van der Waals surface area (Å²) >= 11 is 0. The maximum absolute atomic E-state index is 6.84. The number of rotatable bonds is 3. The Bertz CT molecular complexity index is 1270. The van der Waals surface area contributed by atoms with E-state index in [1.54, 1.807) is 0 Å². The van der Waals surface area contributed by atoms with Crippen molar-refractivity contribution in [2.75, 3.05) is 5.73 Å². The first-order valence-electron chi connectivity index (χ1n) is 9.84. The molecule has 0 aliphatic carbocycles. The van der Waals surface area contributed by atoms with E-state index in [9.17, 15) is 0 Å². The first-order chi connectivity index (χ1) is 14.3. The van der Waals surface area contributed by atoms with Crippen molar-refractivity contribution in [2.45, 2.75) is 0 Å². The Labute approximate surface area is 171 Å². The molecule has 1 nitrogen and oxygen atoms in total. The highest BCUT2D eigenvalue weighted by Crippen LogP contribution is 2.42. The van der Waals surface area contributed by atoms with Crippen molar-refractivity contribution >= 4 is 16.5 Å². The third kappa shape index (κ3) is 3.17. The molecule has 0 fully saturated rings. The smallest absolute Gasteiger partial charge is 0.0479 e. The van der Waals surface area contributed by atoms with Crippen molar-refractivity contribution in [3.8, 4) is 33.4 Å². The molecule has 0 radical (unpaired) electrons. The molecule has 1 heteroatoms. The molecule has 5 rings (SSSR count). The van der Waals surface area contributed by atoms with E-state index < -0.39 is 0 Å². The molecule has 0 unspecified atom stereocenters. The molecule has 0 aromatic heterocycles. The van der Waals surface area contributed by atoms with Crippen molar-refractivity contribution in [1.29, 1.82) is 0 Å². The fraction of sp³-hybridized carbons (Fsp3) is 0. The molecule has 0 saturated heterocycles. The Hall–Kier alpha value is -3.84. The van der Waals surface area contributed by atoms with E-state index in [1.165, 1.54) is 16.7 Å². The minimum absolute atomic E-state index is 0.824. The van der Waals surface area contributed by atoms with Crippen LogP contribution < -0.4 is 5.73 Å². The zero-order valence-electron chi connectivity index (χ0n) is 16.0. The molecular weight excluding hydrogens is 350 g/mol. The highest BCUT2D eigenvalue weighted by molar-refractivity contribution is 6.08. The Balaban J connectivity index is 1.81. The third-order valence-electron chi connectivity index (χ3n) is 5.44. The number of hydrogen-bond donors (Lipinski definition) is 1. The Morgan fingerprint density at radius 3 is 1.62 bits per heavy atom. The molecule has 138 valence electrons. The van der Waals surface area contributed by atoms with Gasteiger partial charge in [0.1, 0.15) is 0 Å². The lowest BCUT2D eigenvalue weighted by molar-refractivity contribution is 1.59. The molecule has 0 saturated carbocycles. The summed E-state index contributed by atoms with van der Waals surface area (Å²) < 4.78 is 0. The molecule has 0 heterocycles. The van der Waals surface area contributed by atoms with Gasteiger partial charge in [-0.15, -0.1) is 0 Å². The summed E-state index contributed by atoms with van der Waals surface area (Å²) in [6.45, 7) is 0. The van der Waals surface area contributed by atoms with Crippen molar-refractivity contribution in [1.82, 2.24) is 0 Å². The van der Waals surface area contributed by atoms with Gasteiger partial charge in [-0.1, -0.05) is 103 Å². The van der Waals surface area contributed by atoms with Gasteiger partial charge >= 0.3 is 0 Å². The summed E-state index contributed by atoms with van der Waals surface area (Å²) in [7, 11) is 0. The Morgan fingerprint density at radius 2 is 1.00 bits per heavy atom. The standard InChI is InChI=1S/C28H21N/c29-28-26-18-23(20-10-4-1-5-11-20)16-17-24(26)19-25(21-12-6-2-7-13-21)27(28)22-14-8-3-9-15-22/h1-19H,29H2. The topological polar surface area (TPSA) is 26.0 Å². The average molecular weight is 371 g/mol. The van der Waals surface area contributed by atoms with E-state index in [0.29, 0.717) is 0 Å². The van der Waals surface area contributed by atoms with Gasteiger partial charge in [-0.05, 0) is 45.3 Å². The normalized spacial score (nSPS) is 10.9. The fourth-order valence-corrected chi connectivity index (χ4v) is 3.99. The minimum Gasteiger partial charge on any atom is -0.398 e. The van der Waals surface area contributed by atoms with E-state index in [1.807, 2.05) is 18.2 Å². The summed E-state index contributed by atoms with van der Waals surface area (Å²) in [4.78, 5) is 0. The van der Waals surface area contributed by atoms with Crippen LogP contribution in [0.5, 0.6) is 0 Å². The van der Waals surface area contributed by atoms with E-state index >= 15 is 0 Å². The lowest BCUT2D eigenvalue weighted by Crippen LogP contribution is -1.96. The number of benzene rings is 5. The molecule has 0 aliphatic heterocycles. The summed E-state index contributed by atoms with van der Waals surface area (Å²) in [5.41, 5.74) is 14.6. The van der Waals surface area contributed by atoms with E-state index in [-0.39, 0.29) is 0 Å². The van der Waals surface area contributed by atoms with Gasteiger partial charge in [0.05, 0.1) is 0 Å². The molecular formula is C28H21N. The second-order valence-electron chi connectivity index (χ2n) is 7.25. The second-order valence-corrected chi connectivity index (χ2v) is 7.25. The summed E-state index contributed by atoms with van der Waals surface area (Å²) in [6.07, 6.45) is 0. The maximum atomic E-state index is 6.84. The van der Waals surface area contributed by atoms with Crippen molar-refractivity contribution in [2.24, 2.45) is 0 Å². The van der Waals surface area contributed by atoms with Crippen LogP contribution in [0.4, 0.5) is 5.69 Å². The molecule has 0 aliphatic rings. The summed E-state index contributed by atoms with van der Waals surface area (Å²) in [5, 5.41) is 2.24. The number of fused-ring (bicyclic) bond motifs is 1. The zero-order chi connectivity index (χ0) is 19.6. The van der Waals surface area contributed by atoms with Gasteiger partial charge in [0.2, 0.25) is 0 Å². The first kappa shape index (κ1) is 17.3. The Kier molecular flexibility index (Phi) is 4.34. The lowest BCUT2D eigenvalue weighted by atomic mass is 9.88. The van der Waals surface area contributed by atoms with Crippen LogP contribution in [0.25, 0.3) is 44.2 Å². The van der Waals surface area contributed by atoms with Crippen LogP contribution in [0.2, 0.25) is 0 Å². The van der Waals surface area contributed by atoms with Crippen molar-refractivity contribution in [3.63, 3.8) is 0 Å². The van der Waals surface area contributed by atoms with Crippen LogP contribution in [0.3, 0.4) is 0 Å². The van der Waals surface area contributed by atoms with Crippen molar-refractivity contribution < 1.29 is 0 Å².